The summed E-state index contributed by atoms with van der Waals surface area (Å²) in [7, 11) is -3.56. The van der Waals surface area contributed by atoms with Crippen LogP contribution in [0.3, 0.4) is 0 Å². The minimum absolute atomic E-state index is 0.0158. The van der Waals surface area contributed by atoms with E-state index in [1.807, 2.05) is 0 Å². The van der Waals surface area contributed by atoms with Crippen LogP contribution < -0.4 is 5.32 Å². The molecule has 1 aliphatic rings. The second-order valence-corrected chi connectivity index (χ2v) is 8.43. The summed E-state index contributed by atoms with van der Waals surface area (Å²) in [6.07, 6.45) is 2.13. The summed E-state index contributed by atoms with van der Waals surface area (Å²) in [5, 5.41) is 9.46. The van der Waals surface area contributed by atoms with Crippen molar-refractivity contribution in [3.8, 4) is 0 Å². The Morgan fingerprint density at radius 3 is 2.40 bits per heavy atom. The number of anilines is 1. The van der Waals surface area contributed by atoms with E-state index in [-0.39, 0.29) is 10.9 Å². The van der Waals surface area contributed by atoms with Crippen molar-refractivity contribution < 1.29 is 17.6 Å². The van der Waals surface area contributed by atoms with Crippen molar-refractivity contribution in [1.29, 1.82) is 0 Å². The molecule has 25 heavy (non-hydrogen) atoms. The molecule has 1 fully saturated rings. The highest BCUT2D eigenvalue weighted by molar-refractivity contribution is 7.89. The molecule has 1 N–H and O–H groups in total. The lowest BCUT2D eigenvalue weighted by molar-refractivity contribution is 0.102. The molecular formula is C16H20N4O4S. The Kier molecular flexibility index (Phi) is 4.87. The zero-order valence-corrected chi connectivity index (χ0v) is 14.9. The molecular weight excluding hydrogens is 344 g/mol. The van der Waals surface area contributed by atoms with Gasteiger partial charge in [0.05, 0.1) is 4.90 Å². The van der Waals surface area contributed by atoms with E-state index in [1.54, 1.807) is 0 Å². The van der Waals surface area contributed by atoms with Crippen LogP contribution in [0, 0.1) is 11.8 Å². The molecule has 2 heterocycles. The summed E-state index contributed by atoms with van der Waals surface area (Å²) in [5.74, 6) is 0.212. The van der Waals surface area contributed by atoms with Crippen molar-refractivity contribution in [2.75, 3.05) is 18.4 Å². The Bertz CT molecular complexity index is 824. The van der Waals surface area contributed by atoms with E-state index in [2.05, 4.69) is 29.4 Å². The van der Waals surface area contributed by atoms with Crippen molar-refractivity contribution in [1.82, 2.24) is 14.5 Å². The predicted molar refractivity (Wildman–Crippen MR) is 90.4 cm³/mol. The first-order valence-corrected chi connectivity index (χ1v) is 9.48. The Morgan fingerprint density at radius 2 is 1.84 bits per heavy atom. The summed E-state index contributed by atoms with van der Waals surface area (Å²) in [4.78, 5) is 12.2. The number of aromatic nitrogens is 2. The molecule has 8 nitrogen and oxygen atoms in total. The lowest BCUT2D eigenvalue weighted by atomic mass is 9.94. The first kappa shape index (κ1) is 17.6. The van der Waals surface area contributed by atoms with E-state index >= 15 is 0 Å². The van der Waals surface area contributed by atoms with Gasteiger partial charge < -0.3 is 4.42 Å². The molecule has 1 saturated heterocycles. The maximum absolute atomic E-state index is 12.8. The van der Waals surface area contributed by atoms with Gasteiger partial charge in [0, 0.05) is 18.7 Å². The molecule has 0 radical (unpaired) electrons. The zero-order chi connectivity index (χ0) is 18.0. The van der Waals surface area contributed by atoms with Gasteiger partial charge in [-0.15, -0.1) is 5.10 Å². The van der Waals surface area contributed by atoms with Gasteiger partial charge in [0.15, 0.2) is 0 Å². The third-order valence-corrected chi connectivity index (χ3v) is 6.02. The SMILES string of the molecule is CC1CC(C)CN(S(=O)(=O)c2ccc(C(=O)Nc3nnco3)cc2)C1. The summed E-state index contributed by atoms with van der Waals surface area (Å²) in [5.41, 5.74) is 0.303. The minimum Gasteiger partial charge on any atom is -0.411 e. The number of hydrogen-bond acceptors (Lipinski definition) is 6. The van der Waals surface area contributed by atoms with Gasteiger partial charge in [-0.05, 0) is 42.5 Å². The van der Waals surface area contributed by atoms with E-state index < -0.39 is 15.9 Å². The quantitative estimate of drug-likeness (QED) is 0.889. The maximum Gasteiger partial charge on any atom is 0.322 e. The van der Waals surface area contributed by atoms with Gasteiger partial charge in [0.25, 0.3) is 5.91 Å². The standard InChI is InChI=1S/C16H20N4O4S/c1-11-7-12(2)9-20(8-11)25(22,23)14-5-3-13(4-6-14)15(21)18-16-19-17-10-24-16/h3-6,10-12H,7-9H2,1-2H3,(H,18,19,21). The highest BCUT2D eigenvalue weighted by Gasteiger charge is 2.31. The topological polar surface area (TPSA) is 105 Å². The van der Waals surface area contributed by atoms with Crippen LogP contribution in [-0.2, 0) is 10.0 Å². The number of carbonyl (C=O) groups excluding carboxylic acids is 1. The molecule has 1 aromatic carbocycles. The normalized spacial score (nSPS) is 21.8. The molecule has 2 unspecified atom stereocenters. The Balaban J connectivity index is 1.76. The molecule has 1 aliphatic heterocycles. The summed E-state index contributed by atoms with van der Waals surface area (Å²) in [6.45, 7) is 5.16. The number of nitrogens with one attached hydrogen (secondary N) is 1. The predicted octanol–water partition coefficient (Wildman–Crippen LogP) is 1.99. The maximum atomic E-state index is 12.8. The molecule has 1 aromatic heterocycles. The Morgan fingerprint density at radius 1 is 1.20 bits per heavy atom. The van der Waals surface area contributed by atoms with E-state index in [4.69, 9.17) is 4.42 Å². The largest absolute Gasteiger partial charge is 0.411 e. The first-order valence-electron chi connectivity index (χ1n) is 8.04. The minimum atomic E-state index is -3.56. The fourth-order valence-electron chi connectivity index (χ4n) is 3.13. The van der Waals surface area contributed by atoms with Crippen LogP contribution in [0.25, 0.3) is 0 Å². The monoisotopic (exact) mass is 364 g/mol. The van der Waals surface area contributed by atoms with Crippen molar-refractivity contribution in [3.05, 3.63) is 36.2 Å². The van der Waals surface area contributed by atoms with Crippen LogP contribution in [-0.4, -0.2) is 41.9 Å². The first-order chi connectivity index (χ1) is 11.9. The van der Waals surface area contributed by atoms with Crippen LogP contribution in [0.15, 0.2) is 40.0 Å². The second-order valence-electron chi connectivity index (χ2n) is 6.49. The number of benzene rings is 1. The smallest absolute Gasteiger partial charge is 0.322 e. The third kappa shape index (κ3) is 3.88. The Labute approximate surface area is 146 Å². The lowest BCUT2D eigenvalue weighted by Crippen LogP contribution is -2.42. The van der Waals surface area contributed by atoms with Crippen molar-refractivity contribution in [2.45, 2.75) is 25.2 Å². The highest BCUT2D eigenvalue weighted by Crippen LogP contribution is 2.26. The van der Waals surface area contributed by atoms with Crippen molar-refractivity contribution in [2.24, 2.45) is 11.8 Å². The van der Waals surface area contributed by atoms with E-state index in [0.717, 1.165) is 12.8 Å². The van der Waals surface area contributed by atoms with Crippen LogP contribution in [0.4, 0.5) is 6.01 Å². The number of amides is 1. The summed E-state index contributed by atoms with van der Waals surface area (Å²) in [6, 6.07) is 5.81. The van der Waals surface area contributed by atoms with Gasteiger partial charge in [0.1, 0.15) is 0 Å². The molecule has 0 spiro atoms. The van der Waals surface area contributed by atoms with Crippen LogP contribution in [0.5, 0.6) is 0 Å². The average molecular weight is 364 g/mol. The molecule has 9 heteroatoms. The number of piperidine rings is 1. The number of sulfonamides is 1. The number of hydrogen-bond donors (Lipinski definition) is 1. The van der Waals surface area contributed by atoms with Gasteiger partial charge in [-0.3, -0.25) is 10.1 Å². The van der Waals surface area contributed by atoms with Crippen LogP contribution >= 0.6 is 0 Å². The number of rotatable bonds is 4. The molecule has 2 atom stereocenters. The molecule has 2 aromatic rings. The number of nitrogens with zero attached hydrogens (tertiary/aromatic N) is 3. The van der Waals surface area contributed by atoms with Gasteiger partial charge in [0.2, 0.25) is 16.4 Å². The van der Waals surface area contributed by atoms with Gasteiger partial charge >= 0.3 is 6.01 Å². The van der Waals surface area contributed by atoms with Crippen molar-refractivity contribution >= 4 is 21.9 Å². The summed E-state index contributed by atoms with van der Waals surface area (Å²) < 4.78 is 32.0. The third-order valence-electron chi connectivity index (χ3n) is 4.17. The van der Waals surface area contributed by atoms with Crippen molar-refractivity contribution in [3.63, 3.8) is 0 Å². The highest BCUT2D eigenvalue weighted by atomic mass is 32.2. The van der Waals surface area contributed by atoms with Gasteiger partial charge in [-0.1, -0.05) is 18.9 Å². The zero-order valence-electron chi connectivity index (χ0n) is 14.0. The lowest BCUT2D eigenvalue weighted by Gasteiger charge is -2.34. The summed E-state index contributed by atoms with van der Waals surface area (Å²) >= 11 is 0. The van der Waals surface area contributed by atoms with E-state index in [0.29, 0.717) is 30.5 Å². The van der Waals surface area contributed by atoms with Crippen LogP contribution in [0.1, 0.15) is 30.6 Å². The van der Waals surface area contributed by atoms with E-state index in [9.17, 15) is 13.2 Å². The molecule has 3 rings (SSSR count). The Hall–Kier alpha value is -2.26. The second kappa shape index (κ2) is 6.93. The molecule has 0 bridgehead atoms. The molecule has 0 saturated carbocycles. The molecule has 0 aliphatic carbocycles. The number of carbonyl (C=O) groups is 1. The molecule has 1 amide bonds. The fraction of sp³-hybridized carbons (Fsp3) is 0.438. The van der Waals surface area contributed by atoms with Crippen LogP contribution in [0.2, 0.25) is 0 Å². The average Bonchev–Trinajstić information content (AvgIpc) is 3.07. The fourth-order valence-corrected chi connectivity index (χ4v) is 4.81. The van der Waals surface area contributed by atoms with E-state index in [1.165, 1.54) is 28.6 Å². The molecule has 134 valence electrons. The van der Waals surface area contributed by atoms with Gasteiger partial charge in [-0.2, -0.15) is 4.31 Å². The van der Waals surface area contributed by atoms with Gasteiger partial charge in [-0.25, -0.2) is 8.42 Å².